The molecule has 84 valence electrons. The number of nitrogens with one attached hydrogen (secondary N) is 1. The third kappa shape index (κ3) is 1.39. The van der Waals surface area contributed by atoms with Crippen molar-refractivity contribution in [1.29, 1.82) is 0 Å². The monoisotopic (exact) mass is 229 g/mol. The van der Waals surface area contributed by atoms with Crippen LogP contribution in [0.25, 0.3) is 0 Å². The maximum Gasteiger partial charge on any atom is 0.260 e. The van der Waals surface area contributed by atoms with Gasteiger partial charge < -0.3 is 5.32 Å². The summed E-state index contributed by atoms with van der Waals surface area (Å²) in [6.45, 7) is -0.176. The van der Waals surface area contributed by atoms with Crippen molar-refractivity contribution in [3.8, 4) is 0 Å². The molecule has 0 aromatic rings. The third-order valence-electron chi connectivity index (χ3n) is 2.98. The second-order valence-corrected chi connectivity index (χ2v) is 4.10. The minimum absolute atomic E-state index is 0.0741. The van der Waals surface area contributed by atoms with Gasteiger partial charge in [-0.1, -0.05) is 0 Å². The van der Waals surface area contributed by atoms with E-state index in [0.29, 0.717) is 27.1 Å². The Hall–Kier alpha value is -2.30. The van der Waals surface area contributed by atoms with Crippen molar-refractivity contribution in [2.75, 3.05) is 6.54 Å². The average molecular weight is 229 g/mol. The molecule has 0 atom stereocenters. The van der Waals surface area contributed by atoms with Crippen LogP contribution >= 0.6 is 0 Å². The van der Waals surface area contributed by atoms with E-state index in [9.17, 15) is 14.5 Å². The molecule has 3 aliphatic rings. The molecular weight excluding hydrogens is 220 g/mol. The number of allylic oxidation sites excluding steroid dienone is 4. The predicted molar refractivity (Wildman–Crippen MR) is 58.6 cm³/mol. The van der Waals surface area contributed by atoms with Gasteiger partial charge in [0.1, 0.15) is 0 Å². The van der Waals surface area contributed by atoms with Gasteiger partial charge in [0, 0.05) is 45.2 Å². The maximum atomic E-state index is 11.9. The van der Waals surface area contributed by atoms with Gasteiger partial charge >= 0.3 is 0 Å². The van der Waals surface area contributed by atoms with Crippen molar-refractivity contribution in [2.24, 2.45) is 0 Å². The van der Waals surface area contributed by atoms with E-state index in [1.807, 2.05) is 0 Å². The number of hydrogen-bond donors (Lipinski definition) is 1. The number of rotatable bonds is 0. The van der Waals surface area contributed by atoms with Crippen LogP contribution in [0.3, 0.4) is 0 Å². The molecule has 3 rings (SSSR count). The quantitative estimate of drug-likeness (QED) is 0.614. The Morgan fingerprint density at radius 2 is 2.06 bits per heavy atom. The number of nitrogens with zero attached hydrogens (tertiary/aromatic N) is 1. The van der Waals surface area contributed by atoms with Gasteiger partial charge in [-0.05, 0) is 11.6 Å². The topological polar surface area (TPSA) is 66.2 Å². The second-order valence-electron chi connectivity index (χ2n) is 4.10. The van der Waals surface area contributed by atoms with Crippen LogP contribution in [0.4, 0.5) is 0 Å². The van der Waals surface area contributed by atoms with Gasteiger partial charge in [-0.25, -0.2) is 0 Å². The average Bonchev–Trinajstić information content (AvgIpc) is 2.28. The van der Waals surface area contributed by atoms with Crippen LogP contribution in [0, 0.1) is 4.91 Å². The van der Waals surface area contributed by atoms with E-state index in [2.05, 4.69) is 5.32 Å². The fraction of sp³-hybridized carbons (Fsp3) is 0.167. The Morgan fingerprint density at radius 1 is 1.24 bits per heavy atom. The van der Waals surface area contributed by atoms with Gasteiger partial charge in [-0.3, -0.25) is 9.59 Å². The van der Waals surface area contributed by atoms with Crippen LogP contribution < -0.4 is 5.32 Å². The van der Waals surface area contributed by atoms with E-state index in [1.165, 1.54) is 6.20 Å². The molecule has 0 radical (unpaired) electrons. The highest BCUT2D eigenvalue weighted by molar-refractivity contribution is 6.13. The Morgan fingerprint density at radius 3 is 2.88 bits per heavy atom. The summed E-state index contributed by atoms with van der Waals surface area (Å²) < 4.78 is 0.578. The summed E-state index contributed by atoms with van der Waals surface area (Å²) >= 11 is 0. The van der Waals surface area contributed by atoms with Crippen molar-refractivity contribution in [2.45, 2.75) is 6.42 Å². The lowest BCUT2D eigenvalue weighted by Crippen LogP contribution is -2.30. The molecule has 0 bridgehead atoms. The molecule has 2 aliphatic heterocycles. The highest BCUT2D eigenvalue weighted by Crippen LogP contribution is 2.35. The second kappa shape index (κ2) is 3.35. The van der Waals surface area contributed by atoms with Crippen LogP contribution in [-0.2, 0) is 9.59 Å². The minimum Gasteiger partial charge on any atom is -0.367 e. The first-order valence-electron chi connectivity index (χ1n) is 5.25. The Bertz CT molecular complexity index is 591. The molecule has 0 unspecified atom stereocenters. The molecule has 5 heteroatoms. The van der Waals surface area contributed by atoms with Gasteiger partial charge in [0.05, 0.1) is 0 Å². The molecule has 17 heavy (non-hydrogen) atoms. The number of Topliss-reactive ketones (excluding diaryl/α,β-unsaturated/α-hetero) is 2. The van der Waals surface area contributed by atoms with Gasteiger partial charge in [0.15, 0.2) is 5.78 Å². The Kier molecular flexibility index (Phi) is 1.95. The van der Waals surface area contributed by atoms with Crippen molar-refractivity contribution in [3.63, 3.8) is 0 Å². The van der Waals surface area contributed by atoms with E-state index in [1.54, 1.807) is 18.5 Å². The lowest BCUT2D eigenvalue weighted by molar-refractivity contribution is -0.468. The number of carbonyl (C=O) groups excluding carboxylic acids is 2. The summed E-state index contributed by atoms with van der Waals surface area (Å²) in [4.78, 5) is 35.0. The molecule has 1 aliphatic carbocycles. The standard InChI is InChI=1S/C12H8N2O3/c15-10-3-7-5-14(17)6-11(16)12(7)8-1-2-13-4-9(8)10/h1-2,4-5H,3,6H2/p+1. The van der Waals surface area contributed by atoms with Gasteiger partial charge in [0.2, 0.25) is 12.0 Å². The minimum atomic E-state index is -0.225. The highest BCUT2D eigenvalue weighted by Gasteiger charge is 2.37. The first kappa shape index (κ1) is 9.89. The van der Waals surface area contributed by atoms with E-state index in [-0.39, 0.29) is 24.5 Å². The van der Waals surface area contributed by atoms with Crippen molar-refractivity contribution >= 4 is 11.6 Å². The molecule has 2 heterocycles. The van der Waals surface area contributed by atoms with Gasteiger partial charge in [-0.2, -0.15) is 0 Å². The summed E-state index contributed by atoms with van der Waals surface area (Å²) in [7, 11) is 0. The van der Waals surface area contributed by atoms with Crippen molar-refractivity contribution < 1.29 is 14.3 Å². The summed E-state index contributed by atoms with van der Waals surface area (Å²) in [5, 5.41) is 2.83. The Labute approximate surface area is 96.8 Å². The first-order chi connectivity index (χ1) is 8.16. The highest BCUT2D eigenvalue weighted by atomic mass is 16.3. The summed E-state index contributed by atoms with van der Waals surface area (Å²) in [6.07, 6.45) is 6.42. The summed E-state index contributed by atoms with van der Waals surface area (Å²) in [5.74, 6) is -0.299. The number of nitroso groups, excluding NO2 is 1. The van der Waals surface area contributed by atoms with E-state index >= 15 is 0 Å². The number of dihydropyridines is 1. The molecule has 0 aromatic heterocycles. The van der Waals surface area contributed by atoms with Gasteiger partial charge in [0.25, 0.3) is 6.54 Å². The summed E-state index contributed by atoms with van der Waals surface area (Å²) in [5.41, 5.74) is 2.19. The zero-order valence-electron chi connectivity index (χ0n) is 8.90. The molecule has 1 N–H and O–H groups in total. The number of fused-ring (bicyclic) bond motifs is 2. The molecule has 0 amide bonds. The molecule has 0 spiro atoms. The normalized spacial score (nSPS) is 22.7. The smallest absolute Gasteiger partial charge is 0.260 e. The van der Waals surface area contributed by atoms with Crippen LogP contribution in [0.15, 0.2) is 47.0 Å². The van der Waals surface area contributed by atoms with Crippen molar-refractivity contribution in [1.82, 2.24) is 5.32 Å². The van der Waals surface area contributed by atoms with Crippen LogP contribution in [0.1, 0.15) is 6.42 Å². The lowest BCUT2D eigenvalue weighted by Gasteiger charge is -2.23. The fourth-order valence-corrected chi connectivity index (χ4v) is 2.29. The molecule has 5 nitrogen and oxygen atoms in total. The lowest BCUT2D eigenvalue weighted by atomic mass is 9.80. The first-order valence-corrected chi connectivity index (χ1v) is 5.25. The Balaban J connectivity index is 2.27. The van der Waals surface area contributed by atoms with E-state index in [0.717, 1.165) is 0 Å². The van der Waals surface area contributed by atoms with Crippen molar-refractivity contribution in [3.05, 3.63) is 51.9 Å². The molecule has 0 fully saturated rings. The van der Waals surface area contributed by atoms with Crippen LogP contribution in [0.2, 0.25) is 0 Å². The van der Waals surface area contributed by atoms with E-state index < -0.39 is 0 Å². The maximum absolute atomic E-state index is 11.9. The SMILES string of the molecule is O=C1CC2=C[N+](=O)CC(=O)C2=C2C=CNC=C12. The number of carbonyl (C=O) groups is 2. The zero-order chi connectivity index (χ0) is 12.0. The van der Waals surface area contributed by atoms with E-state index in [4.69, 9.17) is 0 Å². The predicted octanol–water partition coefficient (Wildman–Crippen LogP) is 0.502. The number of ketones is 2. The molecular formula is C12H9N2O3+. The fourth-order valence-electron chi connectivity index (χ4n) is 2.29. The van der Waals surface area contributed by atoms with Crippen LogP contribution in [-0.4, -0.2) is 22.9 Å². The third-order valence-corrected chi connectivity index (χ3v) is 2.98. The zero-order valence-corrected chi connectivity index (χ0v) is 8.90. The molecule has 0 saturated heterocycles. The molecule has 0 saturated carbocycles. The largest absolute Gasteiger partial charge is 0.367 e. The van der Waals surface area contributed by atoms with Gasteiger partial charge in [-0.15, -0.1) is 0 Å². The molecule has 0 aromatic carbocycles. The number of hydrogen-bond acceptors (Lipinski definition) is 4. The summed E-state index contributed by atoms with van der Waals surface area (Å²) in [6, 6.07) is 0. The van der Waals surface area contributed by atoms with Crippen LogP contribution in [0.5, 0.6) is 0 Å².